The molecule has 19 heavy (non-hydrogen) atoms. The van der Waals surface area contributed by atoms with Crippen LogP contribution in [0.5, 0.6) is 0 Å². The van der Waals surface area contributed by atoms with Crippen molar-refractivity contribution >= 4 is 0 Å². The van der Waals surface area contributed by atoms with E-state index >= 15 is 0 Å². The summed E-state index contributed by atoms with van der Waals surface area (Å²) in [5.74, 6) is -33.7. The van der Waals surface area contributed by atoms with Gasteiger partial charge in [-0.3, -0.25) is 0 Å². The highest BCUT2D eigenvalue weighted by Gasteiger charge is 3.05. The van der Waals surface area contributed by atoms with Gasteiger partial charge in [-0.1, -0.05) is 0 Å². The monoisotopic (exact) mass is 306 g/mol. The van der Waals surface area contributed by atoms with Crippen LogP contribution in [-0.2, 0) is 9.47 Å². The summed E-state index contributed by atoms with van der Waals surface area (Å²) in [6, 6.07) is 0. The molecule has 0 aromatic heterocycles. The minimum absolute atomic E-state index is 2.65. The lowest BCUT2D eigenvalue weighted by Gasteiger charge is -2.25. The number of fused-ring (bicyclic) bond motifs is 1. The lowest BCUT2D eigenvalue weighted by atomic mass is 10.1. The van der Waals surface area contributed by atoms with Gasteiger partial charge in [0.2, 0.25) is 0 Å². The molecule has 2 nitrogen and oxygen atoms in total. The summed E-state index contributed by atoms with van der Waals surface area (Å²) in [6.07, 6.45) is -3.28. The molecule has 2 fully saturated rings. The van der Waals surface area contributed by atoms with E-state index in [-0.39, 0.29) is 0 Å². The van der Waals surface area contributed by atoms with E-state index in [1.807, 2.05) is 0 Å². The van der Waals surface area contributed by atoms with E-state index in [4.69, 9.17) is 0 Å². The van der Waals surface area contributed by atoms with E-state index in [9.17, 15) is 43.9 Å². The molecule has 0 N–H and O–H groups in total. The van der Waals surface area contributed by atoms with Crippen molar-refractivity contribution in [2.75, 3.05) is 0 Å². The van der Waals surface area contributed by atoms with Gasteiger partial charge in [0, 0.05) is 0 Å². The van der Waals surface area contributed by atoms with Crippen LogP contribution in [0.4, 0.5) is 43.9 Å². The van der Waals surface area contributed by atoms with Gasteiger partial charge in [-0.15, -0.1) is 0 Å². The Labute approximate surface area is 96.1 Å². The molecule has 0 spiro atoms. The molecule has 1 saturated carbocycles. The highest BCUT2D eigenvalue weighted by atomic mass is 19.4. The van der Waals surface area contributed by atoms with Gasteiger partial charge in [0.25, 0.3) is 0 Å². The summed E-state index contributed by atoms with van der Waals surface area (Å²) in [5, 5.41) is 0. The zero-order chi connectivity index (χ0) is 15.1. The maximum atomic E-state index is 13.5. The summed E-state index contributed by atoms with van der Waals surface area (Å²) in [6.45, 7) is 0. The van der Waals surface area contributed by atoms with Crippen LogP contribution in [-0.4, -0.2) is 29.5 Å². The summed E-state index contributed by atoms with van der Waals surface area (Å²) in [4.78, 5) is 0. The molecule has 0 aromatic carbocycles. The molecular weight excluding hydrogens is 306 g/mol. The van der Waals surface area contributed by atoms with Crippen LogP contribution in [0.3, 0.4) is 0 Å². The van der Waals surface area contributed by atoms with Gasteiger partial charge in [-0.05, 0) is 0 Å². The first-order valence-electron chi connectivity index (χ1n) is 4.21. The molecule has 0 aromatic rings. The van der Waals surface area contributed by atoms with Crippen molar-refractivity contribution < 1.29 is 53.4 Å². The van der Waals surface area contributed by atoms with Crippen LogP contribution >= 0.6 is 0 Å². The Morgan fingerprint density at radius 2 is 0.947 bits per heavy atom. The quantitative estimate of drug-likeness (QED) is 0.639. The van der Waals surface area contributed by atoms with Gasteiger partial charge in [0.05, 0.1) is 0 Å². The maximum Gasteiger partial charge on any atom is 0.397 e. The number of alkyl halides is 8. The van der Waals surface area contributed by atoms with Crippen LogP contribution in [0.25, 0.3) is 0 Å². The fraction of sp³-hybridized carbons (Fsp3) is 0.714. The van der Waals surface area contributed by atoms with Gasteiger partial charge in [-0.25, -0.2) is 0 Å². The van der Waals surface area contributed by atoms with Crippen molar-refractivity contribution in [3.05, 3.63) is 12.0 Å². The van der Waals surface area contributed by atoms with Crippen LogP contribution in [0, 0.1) is 0 Å². The van der Waals surface area contributed by atoms with E-state index in [1.54, 1.807) is 0 Å². The van der Waals surface area contributed by atoms with Crippen LogP contribution in [0.1, 0.15) is 0 Å². The van der Waals surface area contributed by atoms with Gasteiger partial charge < -0.3 is 9.47 Å². The van der Waals surface area contributed by atoms with E-state index in [2.05, 4.69) is 9.47 Å². The summed E-state index contributed by atoms with van der Waals surface area (Å²) in [7, 11) is 0. The second kappa shape index (κ2) is 3.03. The average molecular weight is 306 g/mol. The normalized spacial score (nSPS) is 41.5. The minimum Gasteiger partial charge on any atom is -0.412 e. The Bertz CT molecular complexity index is 434. The fourth-order valence-electron chi connectivity index (χ4n) is 1.62. The first-order chi connectivity index (χ1) is 8.26. The molecule has 1 aliphatic carbocycles. The molecule has 0 bridgehead atoms. The highest BCUT2D eigenvalue weighted by molar-refractivity contribution is 5.27. The standard InChI is InChI=1S/C7F10O2/c8-1(9)2-18-6(16)4(12,13)3(10,11)5(14,15)7(6,17)19-2. The zero-order valence-corrected chi connectivity index (χ0v) is 8.10. The Balaban J connectivity index is 2.73. The van der Waals surface area contributed by atoms with E-state index in [0.29, 0.717) is 0 Å². The molecular formula is C7F10O2. The predicted molar refractivity (Wildman–Crippen MR) is 33.9 cm³/mol. The molecule has 1 saturated heterocycles. The fourth-order valence-corrected chi connectivity index (χ4v) is 1.62. The van der Waals surface area contributed by atoms with Crippen molar-refractivity contribution in [2.45, 2.75) is 29.5 Å². The minimum atomic E-state index is -6.55. The van der Waals surface area contributed by atoms with Crippen molar-refractivity contribution in [1.82, 2.24) is 0 Å². The van der Waals surface area contributed by atoms with E-state index in [0.717, 1.165) is 0 Å². The number of hydrogen-bond donors (Lipinski definition) is 0. The molecule has 12 heteroatoms. The second-order valence-corrected chi connectivity index (χ2v) is 3.67. The molecule has 0 radical (unpaired) electrons. The highest BCUT2D eigenvalue weighted by Crippen LogP contribution is 2.72. The Morgan fingerprint density at radius 1 is 0.632 bits per heavy atom. The Hall–Kier alpha value is -1.36. The number of hydrogen-bond acceptors (Lipinski definition) is 2. The van der Waals surface area contributed by atoms with E-state index in [1.165, 1.54) is 0 Å². The van der Waals surface area contributed by atoms with Crippen molar-refractivity contribution in [3.8, 4) is 0 Å². The number of rotatable bonds is 0. The predicted octanol–water partition coefficient (Wildman–Crippen LogP) is 3.35. The third-order valence-electron chi connectivity index (χ3n) is 2.63. The van der Waals surface area contributed by atoms with Crippen molar-refractivity contribution in [3.63, 3.8) is 0 Å². The lowest BCUT2D eigenvalue weighted by molar-refractivity contribution is -0.324. The van der Waals surface area contributed by atoms with Crippen LogP contribution in [0.2, 0.25) is 0 Å². The molecule has 2 unspecified atom stereocenters. The van der Waals surface area contributed by atoms with Gasteiger partial charge in [0.1, 0.15) is 0 Å². The topological polar surface area (TPSA) is 18.5 Å². The van der Waals surface area contributed by atoms with Gasteiger partial charge >= 0.3 is 41.5 Å². The first-order valence-corrected chi connectivity index (χ1v) is 4.21. The molecule has 1 heterocycles. The third-order valence-corrected chi connectivity index (χ3v) is 2.63. The lowest BCUT2D eigenvalue weighted by Crippen LogP contribution is -2.54. The Kier molecular flexibility index (Phi) is 2.24. The van der Waals surface area contributed by atoms with Crippen molar-refractivity contribution in [1.29, 1.82) is 0 Å². The van der Waals surface area contributed by atoms with Gasteiger partial charge in [0.15, 0.2) is 0 Å². The van der Waals surface area contributed by atoms with Crippen molar-refractivity contribution in [2.24, 2.45) is 0 Å². The van der Waals surface area contributed by atoms with Crippen LogP contribution in [0.15, 0.2) is 12.0 Å². The average Bonchev–Trinajstić information content (AvgIpc) is 2.56. The summed E-state index contributed by atoms with van der Waals surface area (Å²) in [5.41, 5.74) is 0. The number of ether oxygens (including phenoxy) is 2. The van der Waals surface area contributed by atoms with Gasteiger partial charge in [-0.2, -0.15) is 43.9 Å². The molecule has 1 aliphatic heterocycles. The molecule has 2 atom stereocenters. The summed E-state index contributed by atoms with van der Waals surface area (Å²) >= 11 is 0. The van der Waals surface area contributed by atoms with E-state index < -0.39 is 41.5 Å². The number of halogens is 10. The smallest absolute Gasteiger partial charge is 0.397 e. The maximum absolute atomic E-state index is 13.5. The SMILES string of the molecule is FC(F)=C1OC2(F)C(F)(F)C(F)(F)C(F)(F)C2(F)O1. The molecule has 110 valence electrons. The second-order valence-electron chi connectivity index (χ2n) is 3.67. The Morgan fingerprint density at radius 3 is 1.21 bits per heavy atom. The third kappa shape index (κ3) is 1.07. The largest absolute Gasteiger partial charge is 0.412 e. The van der Waals surface area contributed by atoms with Crippen LogP contribution < -0.4 is 0 Å². The molecule has 2 aliphatic rings. The molecule has 0 amide bonds. The summed E-state index contributed by atoms with van der Waals surface area (Å²) < 4.78 is 134. The first kappa shape index (κ1) is 14.1. The molecule has 2 rings (SSSR count). The zero-order valence-electron chi connectivity index (χ0n) is 8.10.